The second-order valence-electron chi connectivity index (χ2n) is 6.35. The van der Waals surface area contributed by atoms with Crippen LogP contribution in [-0.2, 0) is 11.2 Å². The molecule has 0 spiro atoms. The number of esters is 1. The lowest BCUT2D eigenvalue weighted by atomic mass is 10.1. The van der Waals surface area contributed by atoms with Crippen molar-refractivity contribution in [2.24, 2.45) is 0 Å². The summed E-state index contributed by atoms with van der Waals surface area (Å²) in [5.41, 5.74) is 3.23. The van der Waals surface area contributed by atoms with Crippen molar-refractivity contribution in [3.05, 3.63) is 46.5 Å². The van der Waals surface area contributed by atoms with Crippen molar-refractivity contribution < 1.29 is 9.53 Å². The largest absolute Gasteiger partial charge is 0.461 e. The molecular formula is C20H20N6O2S2. The molecule has 0 atom stereocenters. The first kappa shape index (κ1) is 20.2. The van der Waals surface area contributed by atoms with Crippen LogP contribution >= 0.6 is 22.7 Å². The summed E-state index contributed by atoms with van der Waals surface area (Å²) >= 11 is 2.89. The highest BCUT2D eigenvalue weighted by molar-refractivity contribution is 7.22. The second-order valence-corrected chi connectivity index (χ2v) is 8.24. The van der Waals surface area contributed by atoms with E-state index in [1.54, 1.807) is 23.6 Å². The Balaban J connectivity index is 1.57. The number of nitrogens with one attached hydrogen (secondary N) is 2. The molecule has 8 nitrogen and oxygen atoms in total. The Bertz CT molecular complexity index is 1170. The summed E-state index contributed by atoms with van der Waals surface area (Å²) in [5.74, 6) is 0.854. The smallest absolute Gasteiger partial charge is 0.357 e. The number of anilines is 4. The van der Waals surface area contributed by atoms with Crippen molar-refractivity contribution in [3.63, 3.8) is 0 Å². The van der Waals surface area contributed by atoms with Gasteiger partial charge in [0.25, 0.3) is 0 Å². The molecule has 4 aromatic rings. The number of hydrogen-bond donors (Lipinski definition) is 2. The number of benzene rings is 1. The Kier molecular flexibility index (Phi) is 5.86. The summed E-state index contributed by atoms with van der Waals surface area (Å²) in [7, 11) is 0. The molecule has 0 unspecified atom stereocenters. The Morgan fingerprint density at radius 3 is 2.60 bits per heavy atom. The zero-order chi connectivity index (χ0) is 21.1. The minimum absolute atomic E-state index is 0.279. The lowest BCUT2D eigenvalue weighted by Gasteiger charge is -2.13. The van der Waals surface area contributed by atoms with Gasteiger partial charge in [-0.3, -0.25) is 0 Å². The maximum atomic E-state index is 11.8. The van der Waals surface area contributed by atoms with Crippen molar-refractivity contribution in [1.82, 2.24) is 20.2 Å². The lowest BCUT2D eigenvalue weighted by molar-refractivity contribution is 0.0520. The van der Waals surface area contributed by atoms with E-state index in [1.807, 2.05) is 31.2 Å². The molecule has 0 saturated heterocycles. The molecule has 30 heavy (non-hydrogen) atoms. The third kappa shape index (κ3) is 4.10. The van der Waals surface area contributed by atoms with Crippen LogP contribution in [0.25, 0.3) is 10.2 Å². The molecule has 2 N–H and O–H groups in total. The number of carbonyl (C=O) groups excluding carboxylic acids is 1. The molecule has 0 radical (unpaired) electrons. The van der Waals surface area contributed by atoms with Crippen molar-refractivity contribution >= 4 is 60.8 Å². The van der Waals surface area contributed by atoms with Crippen LogP contribution in [0.3, 0.4) is 0 Å². The molecule has 1 aromatic carbocycles. The molecule has 3 aromatic heterocycles. The van der Waals surface area contributed by atoms with E-state index < -0.39 is 5.97 Å². The normalized spacial score (nSPS) is 10.9. The maximum Gasteiger partial charge on any atom is 0.357 e. The first-order valence-corrected chi connectivity index (χ1v) is 11.2. The van der Waals surface area contributed by atoms with Gasteiger partial charge in [-0.25, -0.2) is 14.8 Å². The predicted octanol–water partition coefficient (Wildman–Crippen LogP) is 5.08. The van der Waals surface area contributed by atoms with Crippen LogP contribution in [0.2, 0.25) is 0 Å². The third-order valence-corrected chi connectivity index (χ3v) is 6.14. The first-order chi connectivity index (χ1) is 14.6. The Labute approximate surface area is 181 Å². The van der Waals surface area contributed by atoms with E-state index in [0.717, 1.165) is 32.9 Å². The minimum Gasteiger partial charge on any atom is -0.461 e. The number of fused-ring (bicyclic) bond motifs is 1. The molecule has 0 amide bonds. The van der Waals surface area contributed by atoms with E-state index >= 15 is 0 Å². The topological polar surface area (TPSA) is 102 Å². The number of rotatable bonds is 7. The van der Waals surface area contributed by atoms with E-state index in [1.165, 1.54) is 11.3 Å². The van der Waals surface area contributed by atoms with Gasteiger partial charge in [-0.1, -0.05) is 30.4 Å². The second kappa shape index (κ2) is 8.72. The summed E-state index contributed by atoms with van der Waals surface area (Å²) < 4.78 is 6.10. The SMILES string of the molecule is CCOC(=O)c1csc(Nc2nnc(Nc3nc4ccccc4s3)c(C)c2CC)n1. The number of hydrogen-bond acceptors (Lipinski definition) is 10. The summed E-state index contributed by atoms with van der Waals surface area (Å²) in [4.78, 5) is 20.7. The van der Waals surface area contributed by atoms with E-state index in [-0.39, 0.29) is 5.69 Å². The fourth-order valence-electron chi connectivity index (χ4n) is 2.97. The minimum atomic E-state index is -0.435. The van der Waals surface area contributed by atoms with Gasteiger partial charge in [0.15, 0.2) is 27.6 Å². The number of carbonyl (C=O) groups is 1. The van der Waals surface area contributed by atoms with Crippen molar-refractivity contribution in [2.75, 3.05) is 17.2 Å². The van der Waals surface area contributed by atoms with Gasteiger partial charge in [0.05, 0.1) is 16.8 Å². The molecule has 0 bridgehead atoms. The zero-order valence-electron chi connectivity index (χ0n) is 16.7. The third-order valence-electron chi connectivity index (χ3n) is 4.43. The Morgan fingerprint density at radius 1 is 1.07 bits per heavy atom. The van der Waals surface area contributed by atoms with Crippen LogP contribution in [0, 0.1) is 6.92 Å². The summed E-state index contributed by atoms with van der Waals surface area (Å²) in [6.07, 6.45) is 0.758. The molecule has 0 saturated carbocycles. The van der Waals surface area contributed by atoms with Crippen LogP contribution < -0.4 is 10.6 Å². The molecular weight excluding hydrogens is 420 g/mol. The van der Waals surface area contributed by atoms with E-state index in [2.05, 4.69) is 37.7 Å². The Morgan fingerprint density at radius 2 is 1.83 bits per heavy atom. The summed E-state index contributed by atoms with van der Waals surface area (Å²) in [5, 5.41) is 18.2. The molecule has 0 aliphatic carbocycles. The quantitative estimate of drug-likeness (QED) is 0.384. The van der Waals surface area contributed by atoms with E-state index in [9.17, 15) is 4.79 Å². The maximum absolute atomic E-state index is 11.8. The number of aromatic nitrogens is 4. The highest BCUT2D eigenvalue weighted by atomic mass is 32.1. The van der Waals surface area contributed by atoms with Crippen LogP contribution in [-0.4, -0.2) is 32.7 Å². The number of ether oxygens (including phenoxy) is 1. The van der Waals surface area contributed by atoms with Gasteiger partial charge in [0, 0.05) is 16.5 Å². The monoisotopic (exact) mass is 440 g/mol. The van der Waals surface area contributed by atoms with Gasteiger partial charge in [-0.2, -0.15) is 0 Å². The summed E-state index contributed by atoms with van der Waals surface area (Å²) in [6, 6.07) is 7.99. The molecule has 0 aliphatic heterocycles. The average molecular weight is 441 g/mol. The van der Waals surface area contributed by atoms with Gasteiger partial charge < -0.3 is 15.4 Å². The molecule has 154 valence electrons. The fourth-order valence-corrected chi connectivity index (χ4v) is 4.51. The number of thiazole rings is 2. The Hall–Kier alpha value is -3.11. The molecule has 3 heterocycles. The zero-order valence-corrected chi connectivity index (χ0v) is 18.4. The molecule has 4 rings (SSSR count). The average Bonchev–Trinajstić information content (AvgIpc) is 3.37. The fraction of sp³-hybridized carbons (Fsp3) is 0.250. The summed E-state index contributed by atoms with van der Waals surface area (Å²) in [6.45, 7) is 6.13. The van der Waals surface area contributed by atoms with E-state index in [0.29, 0.717) is 23.4 Å². The first-order valence-electron chi connectivity index (χ1n) is 9.47. The molecule has 0 fully saturated rings. The number of para-hydroxylation sites is 1. The predicted molar refractivity (Wildman–Crippen MR) is 120 cm³/mol. The van der Waals surface area contributed by atoms with E-state index in [4.69, 9.17) is 4.74 Å². The van der Waals surface area contributed by atoms with Gasteiger partial charge in [-0.05, 0) is 32.4 Å². The molecule has 10 heteroatoms. The van der Waals surface area contributed by atoms with Crippen molar-refractivity contribution in [2.45, 2.75) is 27.2 Å². The van der Waals surface area contributed by atoms with Gasteiger partial charge in [-0.15, -0.1) is 21.5 Å². The van der Waals surface area contributed by atoms with Crippen LogP contribution in [0.1, 0.15) is 35.5 Å². The van der Waals surface area contributed by atoms with Gasteiger partial charge >= 0.3 is 5.97 Å². The van der Waals surface area contributed by atoms with Crippen LogP contribution in [0.4, 0.5) is 21.9 Å². The highest BCUT2D eigenvalue weighted by Crippen LogP contribution is 2.31. The van der Waals surface area contributed by atoms with Gasteiger partial charge in [0.2, 0.25) is 0 Å². The van der Waals surface area contributed by atoms with Crippen LogP contribution in [0.15, 0.2) is 29.6 Å². The lowest BCUT2D eigenvalue weighted by Crippen LogP contribution is -2.08. The van der Waals surface area contributed by atoms with Crippen molar-refractivity contribution in [3.8, 4) is 0 Å². The standard InChI is InChI=1S/C20H20N6O2S2/c1-4-12-11(3)16(23-20-21-13-8-6-7-9-15(13)30-20)25-26-17(12)24-19-22-14(10-29-19)18(27)28-5-2/h6-10H,4-5H2,1-3H3,(H,21,23,25)(H,22,24,26). The number of nitrogens with zero attached hydrogens (tertiary/aromatic N) is 4. The molecule has 0 aliphatic rings. The van der Waals surface area contributed by atoms with Gasteiger partial charge in [0.1, 0.15) is 0 Å². The van der Waals surface area contributed by atoms with Crippen molar-refractivity contribution in [1.29, 1.82) is 0 Å². The van der Waals surface area contributed by atoms with Crippen LogP contribution in [0.5, 0.6) is 0 Å². The highest BCUT2D eigenvalue weighted by Gasteiger charge is 2.16.